The molecule has 2 aromatic heterocycles. The number of thioether (sulfide) groups is 1. The lowest BCUT2D eigenvalue weighted by Gasteiger charge is -2.32. The van der Waals surface area contributed by atoms with E-state index < -0.39 is 6.04 Å². The Bertz CT molecular complexity index is 1130. The number of amides is 1. The van der Waals surface area contributed by atoms with E-state index in [0.29, 0.717) is 24.8 Å². The van der Waals surface area contributed by atoms with Crippen LogP contribution in [0.5, 0.6) is 0 Å². The number of rotatable bonds is 4. The molecule has 2 aliphatic rings. The molecule has 2 aliphatic heterocycles. The number of nitrogens with one attached hydrogen (secondary N) is 1. The third-order valence-corrected chi connectivity index (χ3v) is 6.99. The average molecular weight is 421 g/mol. The highest BCUT2D eigenvalue weighted by atomic mass is 32.2. The number of para-hydroxylation sites is 1. The Balaban J connectivity index is 1.29. The van der Waals surface area contributed by atoms with Crippen molar-refractivity contribution in [2.45, 2.75) is 30.4 Å². The first kappa shape index (κ1) is 19.1. The molecule has 2 atom stereocenters. The fourth-order valence-corrected chi connectivity index (χ4v) is 5.24. The van der Waals surface area contributed by atoms with Crippen molar-refractivity contribution in [3.8, 4) is 0 Å². The van der Waals surface area contributed by atoms with Gasteiger partial charge >= 0.3 is 0 Å². The molecule has 4 heterocycles. The largest absolute Gasteiger partial charge is 0.361 e. The van der Waals surface area contributed by atoms with Crippen LogP contribution in [0.25, 0.3) is 10.9 Å². The van der Waals surface area contributed by atoms with Crippen molar-refractivity contribution < 1.29 is 4.79 Å². The van der Waals surface area contributed by atoms with E-state index in [0.717, 1.165) is 33.7 Å². The fraction of sp³-hybridized carbons (Fsp3) is 0.318. The molecule has 3 N–H and O–H groups in total. The molecule has 1 aromatic carbocycles. The lowest BCUT2D eigenvalue weighted by atomic mass is 10.0. The molecule has 7 nitrogen and oxygen atoms in total. The zero-order chi connectivity index (χ0) is 20.7. The molecule has 0 fully saturated rings. The molecule has 3 aromatic rings. The summed E-state index contributed by atoms with van der Waals surface area (Å²) in [6.45, 7) is 3.46. The van der Waals surface area contributed by atoms with Gasteiger partial charge in [0.1, 0.15) is 12.1 Å². The Morgan fingerprint density at radius 3 is 3.00 bits per heavy atom. The topological polar surface area (TPSA) is 91.1 Å². The van der Waals surface area contributed by atoms with E-state index in [4.69, 9.17) is 5.73 Å². The third-order valence-electron chi connectivity index (χ3n) is 5.82. The van der Waals surface area contributed by atoms with E-state index >= 15 is 0 Å². The van der Waals surface area contributed by atoms with Gasteiger partial charge in [0.2, 0.25) is 5.91 Å². The van der Waals surface area contributed by atoms with Gasteiger partial charge in [0, 0.05) is 59.2 Å². The number of aromatic nitrogens is 3. The van der Waals surface area contributed by atoms with Gasteiger partial charge in [-0.2, -0.15) is 0 Å². The van der Waals surface area contributed by atoms with Crippen LogP contribution in [0.15, 0.2) is 49.2 Å². The van der Waals surface area contributed by atoms with Gasteiger partial charge in [0.05, 0.1) is 11.7 Å². The Labute approximate surface area is 179 Å². The number of nitrogens with zero attached hydrogens (tertiary/aromatic N) is 4. The summed E-state index contributed by atoms with van der Waals surface area (Å²) in [4.78, 5) is 29.0. The molecule has 0 saturated heterocycles. The van der Waals surface area contributed by atoms with Crippen molar-refractivity contribution in [2.24, 2.45) is 5.73 Å². The number of hydrogen-bond acceptors (Lipinski definition) is 6. The highest BCUT2D eigenvalue weighted by molar-refractivity contribution is 7.99. The van der Waals surface area contributed by atoms with Crippen molar-refractivity contribution >= 4 is 34.4 Å². The highest BCUT2D eigenvalue weighted by Gasteiger charge is 2.29. The molecule has 0 aliphatic carbocycles. The van der Waals surface area contributed by atoms with Gasteiger partial charge in [0.15, 0.2) is 0 Å². The van der Waals surface area contributed by atoms with Crippen LogP contribution in [0.1, 0.15) is 29.0 Å². The molecule has 0 radical (unpaired) electrons. The summed E-state index contributed by atoms with van der Waals surface area (Å²) < 4.78 is 0. The van der Waals surface area contributed by atoms with Crippen LogP contribution >= 0.6 is 11.8 Å². The molecule has 8 heteroatoms. The number of H-pyrrole nitrogens is 1. The number of nitrogens with two attached hydrogens (primary N) is 1. The molecule has 154 valence electrons. The van der Waals surface area contributed by atoms with Gasteiger partial charge in [-0.3, -0.25) is 4.79 Å². The lowest BCUT2D eigenvalue weighted by molar-refractivity contribution is -0.130. The zero-order valence-electron chi connectivity index (χ0n) is 16.8. The molecule has 30 heavy (non-hydrogen) atoms. The van der Waals surface area contributed by atoms with Crippen LogP contribution in [0.2, 0.25) is 0 Å². The van der Waals surface area contributed by atoms with Crippen LogP contribution in [-0.4, -0.2) is 44.9 Å². The fourth-order valence-electron chi connectivity index (χ4n) is 4.19. The minimum absolute atomic E-state index is 0.0620. The maximum Gasteiger partial charge on any atom is 0.243 e. The molecule has 0 spiro atoms. The standard InChI is InChI=1S/C22H24N6OS/c1-14-20-19(12-30-14)25-13-26-21(20)27-6-8-28(9-7-27)22(29)17(23)10-15-11-24-18-5-3-2-4-16(15)18/h2-6,8,11,13-14,17,24H,7,9-10,12,23H2,1H3/t14-,17+/m0/s1. The predicted molar refractivity (Wildman–Crippen MR) is 120 cm³/mol. The molecule has 0 unspecified atom stereocenters. The SMILES string of the molecule is C[C@@H]1SCc2ncnc(N3C=CN(C(=O)[C@H](N)Cc4c[nH]c5ccccc45)CC3)c21. The minimum Gasteiger partial charge on any atom is -0.361 e. The molecule has 1 amide bonds. The van der Waals surface area contributed by atoms with Crippen LogP contribution in [0.3, 0.4) is 0 Å². The third kappa shape index (κ3) is 3.36. The van der Waals surface area contributed by atoms with Crippen molar-refractivity contribution in [3.63, 3.8) is 0 Å². The predicted octanol–water partition coefficient (Wildman–Crippen LogP) is 2.96. The molecule has 0 saturated carbocycles. The van der Waals surface area contributed by atoms with Gasteiger partial charge in [0.25, 0.3) is 0 Å². The van der Waals surface area contributed by atoms with Crippen molar-refractivity contribution in [1.82, 2.24) is 19.9 Å². The average Bonchev–Trinajstić information content (AvgIpc) is 3.37. The number of anilines is 1. The quantitative estimate of drug-likeness (QED) is 0.674. The van der Waals surface area contributed by atoms with E-state index in [9.17, 15) is 4.79 Å². The smallest absolute Gasteiger partial charge is 0.243 e. The maximum atomic E-state index is 12.9. The monoisotopic (exact) mass is 420 g/mol. The van der Waals surface area contributed by atoms with E-state index in [2.05, 4.69) is 32.8 Å². The molecular weight excluding hydrogens is 396 g/mol. The summed E-state index contributed by atoms with van der Waals surface area (Å²) in [6, 6.07) is 7.48. The molecule has 5 rings (SSSR count). The second kappa shape index (κ2) is 7.77. The van der Waals surface area contributed by atoms with Gasteiger partial charge in [-0.05, 0) is 25.0 Å². The number of aromatic amines is 1. The van der Waals surface area contributed by atoms with E-state index in [-0.39, 0.29) is 5.91 Å². The first-order valence-electron chi connectivity index (χ1n) is 10.1. The molecular formula is C22H24N6OS. The van der Waals surface area contributed by atoms with Gasteiger partial charge in [-0.25, -0.2) is 9.97 Å². The van der Waals surface area contributed by atoms with E-state index in [1.165, 1.54) is 5.56 Å². The Kier molecular flexibility index (Phi) is 4.96. The normalized spacial score (nSPS) is 19.3. The number of fused-ring (bicyclic) bond motifs is 2. The van der Waals surface area contributed by atoms with Crippen LogP contribution in [0, 0.1) is 0 Å². The van der Waals surface area contributed by atoms with E-state index in [1.54, 1.807) is 11.2 Å². The first-order chi connectivity index (χ1) is 14.6. The number of carbonyl (C=O) groups excluding carboxylic acids is 1. The van der Waals surface area contributed by atoms with Crippen molar-refractivity contribution in [3.05, 3.63) is 66.0 Å². The second-order valence-corrected chi connectivity index (χ2v) is 9.03. The summed E-state index contributed by atoms with van der Waals surface area (Å²) in [6.07, 6.45) is 7.83. The number of benzene rings is 1. The first-order valence-corrected chi connectivity index (χ1v) is 11.2. The highest BCUT2D eigenvalue weighted by Crippen LogP contribution is 2.44. The Morgan fingerprint density at radius 2 is 2.17 bits per heavy atom. The summed E-state index contributed by atoms with van der Waals surface area (Å²) in [7, 11) is 0. The van der Waals surface area contributed by atoms with Crippen LogP contribution < -0.4 is 10.6 Å². The van der Waals surface area contributed by atoms with Gasteiger partial charge in [-0.1, -0.05) is 18.2 Å². The lowest BCUT2D eigenvalue weighted by Crippen LogP contribution is -2.47. The Hall–Kier alpha value is -2.84. The summed E-state index contributed by atoms with van der Waals surface area (Å²) in [5.41, 5.74) is 10.7. The summed E-state index contributed by atoms with van der Waals surface area (Å²) >= 11 is 1.88. The van der Waals surface area contributed by atoms with E-state index in [1.807, 2.05) is 48.6 Å². The summed E-state index contributed by atoms with van der Waals surface area (Å²) in [5.74, 6) is 1.81. The van der Waals surface area contributed by atoms with Gasteiger partial charge < -0.3 is 20.5 Å². The number of hydrogen-bond donors (Lipinski definition) is 2. The Morgan fingerprint density at radius 1 is 1.30 bits per heavy atom. The van der Waals surface area contributed by atoms with Crippen molar-refractivity contribution in [2.75, 3.05) is 18.0 Å². The number of carbonyl (C=O) groups is 1. The molecule has 0 bridgehead atoms. The maximum absolute atomic E-state index is 12.9. The summed E-state index contributed by atoms with van der Waals surface area (Å²) in [5, 5.41) is 1.50. The van der Waals surface area contributed by atoms with Crippen LogP contribution in [-0.2, 0) is 17.0 Å². The van der Waals surface area contributed by atoms with Gasteiger partial charge in [-0.15, -0.1) is 11.8 Å². The minimum atomic E-state index is -0.583. The second-order valence-electron chi connectivity index (χ2n) is 7.70. The van der Waals surface area contributed by atoms with Crippen molar-refractivity contribution in [1.29, 1.82) is 0 Å². The van der Waals surface area contributed by atoms with Crippen LogP contribution in [0.4, 0.5) is 5.82 Å². The zero-order valence-corrected chi connectivity index (χ0v) is 17.6.